The van der Waals surface area contributed by atoms with Crippen molar-refractivity contribution in [3.63, 3.8) is 0 Å². The zero-order valence-electron chi connectivity index (χ0n) is 13.9. The molecule has 0 unspecified atom stereocenters. The molecule has 126 valence electrons. The zero-order valence-corrected chi connectivity index (χ0v) is 13.9. The highest BCUT2D eigenvalue weighted by Gasteiger charge is 2.29. The molecule has 2 saturated heterocycles. The largest absolute Gasteiger partial charge is 0.377 e. The molecule has 6 nitrogen and oxygen atoms in total. The standard InChI is InChI=1S/C17H26N4O2/c1-2-20(13-15-4-3-11-23-15)14-5-9-21(10-6-14)17(22)16-12-18-7-8-19-16/h7-8,12,14-15H,2-6,9-11,13H2,1H3/t15-/m1/s1. The number of piperidine rings is 1. The molecular formula is C17H26N4O2. The van der Waals surface area contributed by atoms with E-state index in [1.807, 2.05) is 4.90 Å². The SMILES string of the molecule is CCN(C[C@H]1CCCO1)C1CCN(C(=O)c2cnccn2)CC1. The topological polar surface area (TPSA) is 58.6 Å². The van der Waals surface area contributed by atoms with Crippen LogP contribution in [0.3, 0.4) is 0 Å². The lowest BCUT2D eigenvalue weighted by Gasteiger charge is -2.38. The van der Waals surface area contributed by atoms with E-state index < -0.39 is 0 Å². The first kappa shape index (κ1) is 16.3. The first-order valence-corrected chi connectivity index (χ1v) is 8.69. The molecule has 0 aromatic carbocycles. The molecule has 0 N–H and O–H groups in total. The van der Waals surface area contributed by atoms with Gasteiger partial charge in [0.1, 0.15) is 5.69 Å². The Morgan fingerprint density at radius 1 is 1.35 bits per heavy atom. The molecule has 6 heteroatoms. The third-order valence-corrected chi connectivity index (χ3v) is 4.92. The van der Waals surface area contributed by atoms with Crippen LogP contribution in [0, 0.1) is 0 Å². The van der Waals surface area contributed by atoms with Crippen molar-refractivity contribution in [1.82, 2.24) is 19.8 Å². The van der Waals surface area contributed by atoms with Gasteiger partial charge in [0.25, 0.3) is 5.91 Å². The van der Waals surface area contributed by atoms with Gasteiger partial charge in [0.2, 0.25) is 0 Å². The average molecular weight is 318 g/mol. The lowest BCUT2D eigenvalue weighted by atomic mass is 10.0. The Bertz CT molecular complexity index is 497. The molecule has 3 heterocycles. The Hall–Kier alpha value is -1.53. The van der Waals surface area contributed by atoms with Gasteiger partial charge in [-0.05, 0) is 32.2 Å². The van der Waals surface area contributed by atoms with Gasteiger partial charge in [0.15, 0.2) is 0 Å². The smallest absolute Gasteiger partial charge is 0.274 e. The maximum absolute atomic E-state index is 12.4. The van der Waals surface area contributed by atoms with E-state index in [2.05, 4.69) is 21.8 Å². The minimum absolute atomic E-state index is 0.00118. The van der Waals surface area contributed by atoms with E-state index >= 15 is 0 Å². The number of hydrogen-bond donors (Lipinski definition) is 0. The minimum Gasteiger partial charge on any atom is -0.377 e. The van der Waals surface area contributed by atoms with Crippen LogP contribution in [-0.4, -0.2) is 70.6 Å². The number of hydrogen-bond acceptors (Lipinski definition) is 5. The van der Waals surface area contributed by atoms with Crippen molar-refractivity contribution < 1.29 is 9.53 Å². The number of likely N-dealkylation sites (N-methyl/N-ethyl adjacent to an activating group) is 1. The van der Waals surface area contributed by atoms with E-state index in [0.29, 0.717) is 17.8 Å². The summed E-state index contributed by atoms with van der Waals surface area (Å²) >= 11 is 0. The van der Waals surface area contributed by atoms with Crippen molar-refractivity contribution in [3.05, 3.63) is 24.3 Å². The highest BCUT2D eigenvalue weighted by atomic mass is 16.5. The Morgan fingerprint density at radius 3 is 2.78 bits per heavy atom. The van der Waals surface area contributed by atoms with Crippen molar-refractivity contribution in [2.24, 2.45) is 0 Å². The van der Waals surface area contributed by atoms with E-state index in [1.54, 1.807) is 18.6 Å². The van der Waals surface area contributed by atoms with E-state index in [9.17, 15) is 4.79 Å². The fraction of sp³-hybridized carbons (Fsp3) is 0.706. The van der Waals surface area contributed by atoms with Crippen LogP contribution in [0.1, 0.15) is 43.1 Å². The number of carbonyl (C=O) groups is 1. The number of rotatable bonds is 5. The summed E-state index contributed by atoms with van der Waals surface area (Å²) in [5.74, 6) is -0.00118. The molecule has 0 radical (unpaired) electrons. The summed E-state index contributed by atoms with van der Waals surface area (Å²) in [5, 5.41) is 0. The lowest BCUT2D eigenvalue weighted by Crippen LogP contribution is -2.48. The fourth-order valence-electron chi connectivity index (χ4n) is 3.59. The van der Waals surface area contributed by atoms with E-state index in [0.717, 1.165) is 45.6 Å². The molecule has 0 saturated carbocycles. The molecule has 3 rings (SSSR count). The first-order valence-electron chi connectivity index (χ1n) is 8.69. The summed E-state index contributed by atoms with van der Waals surface area (Å²) < 4.78 is 5.77. The molecule has 0 bridgehead atoms. The van der Waals surface area contributed by atoms with Crippen molar-refractivity contribution in [2.45, 2.75) is 44.8 Å². The van der Waals surface area contributed by atoms with Crippen molar-refractivity contribution in [3.8, 4) is 0 Å². The summed E-state index contributed by atoms with van der Waals surface area (Å²) in [7, 11) is 0. The summed E-state index contributed by atoms with van der Waals surface area (Å²) in [4.78, 5) is 24.9. The second-order valence-corrected chi connectivity index (χ2v) is 6.34. The molecule has 0 aliphatic carbocycles. The molecule has 1 aromatic heterocycles. The second-order valence-electron chi connectivity index (χ2n) is 6.34. The number of likely N-dealkylation sites (tertiary alicyclic amines) is 1. The predicted molar refractivity (Wildman–Crippen MR) is 87.2 cm³/mol. The zero-order chi connectivity index (χ0) is 16.1. The highest BCUT2D eigenvalue weighted by Crippen LogP contribution is 2.21. The normalized spacial score (nSPS) is 22.7. The maximum atomic E-state index is 12.4. The molecule has 23 heavy (non-hydrogen) atoms. The third kappa shape index (κ3) is 4.06. The second kappa shape index (κ2) is 7.84. The summed E-state index contributed by atoms with van der Waals surface area (Å²) in [6, 6.07) is 0.551. The Morgan fingerprint density at radius 2 is 2.17 bits per heavy atom. The molecule has 2 aliphatic rings. The van der Waals surface area contributed by atoms with Crippen LogP contribution in [0.25, 0.3) is 0 Å². The molecule has 2 aliphatic heterocycles. The quantitative estimate of drug-likeness (QED) is 0.825. The van der Waals surface area contributed by atoms with Crippen LogP contribution in [-0.2, 0) is 4.74 Å². The van der Waals surface area contributed by atoms with Gasteiger partial charge in [-0.1, -0.05) is 6.92 Å². The van der Waals surface area contributed by atoms with Crippen LogP contribution in [0.2, 0.25) is 0 Å². The number of aromatic nitrogens is 2. The fourth-order valence-corrected chi connectivity index (χ4v) is 3.59. The van der Waals surface area contributed by atoms with Crippen LogP contribution < -0.4 is 0 Å². The highest BCUT2D eigenvalue weighted by molar-refractivity contribution is 5.92. The predicted octanol–water partition coefficient (Wildman–Crippen LogP) is 1.58. The van der Waals surface area contributed by atoms with Gasteiger partial charge in [-0.15, -0.1) is 0 Å². The number of amides is 1. The summed E-state index contributed by atoms with van der Waals surface area (Å²) in [6.07, 6.45) is 9.51. The number of ether oxygens (including phenoxy) is 1. The van der Waals surface area contributed by atoms with Crippen LogP contribution in [0.15, 0.2) is 18.6 Å². The van der Waals surface area contributed by atoms with E-state index in [4.69, 9.17) is 4.74 Å². The first-order chi connectivity index (χ1) is 11.3. The molecule has 1 atom stereocenters. The summed E-state index contributed by atoms with van der Waals surface area (Å²) in [5.41, 5.74) is 0.442. The lowest BCUT2D eigenvalue weighted by molar-refractivity contribution is 0.0375. The molecule has 1 aromatic rings. The van der Waals surface area contributed by atoms with Crippen LogP contribution in [0.4, 0.5) is 0 Å². The van der Waals surface area contributed by atoms with Gasteiger partial charge >= 0.3 is 0 Å². The summed E-state index contributed by atoms with van der Waals surface area (Å²) in [6.45, 7) is 6.78. The van der Waals surface area contributed by atoms with Crippen LogP contribution in [0.5, 0.6) is 0 Å². The Labute approximate surface area is 137 Å². The molecular weight excluding hydrogens is 292 g/mol. The number of carbonyl (C=O) groups excluding carboxylic acids is 1. The van der Waals surface area contributed by atoms with Crippen LogP contribution >= 0.6 is 0 Å². The minimum atomic E-state index is -0.00118. The molecule has 0 spiro atoms. The van der Waals surface area contributed by atoms with Crippen molar-refractivity contribution >= 4 is 5.91 Å². The van der Waals surface area contributed by atoms with Gasteiger partial charge < -0.3 is 9.64 Å². The van der Waals surface area contributed by atoms with Gasteiger partial charge in [0.05, 0.1) is 12.3 Å². The van der Waals surface area contributed by atoms with E-state index in [1.165, 1.54) is 12.8 Å². The van der Waals surface area contributed by atoms with Gasteiger partial charge in [-0.25, -0.2) is 4.98 Å². The maximum Gasteiger partial charge on any atom is 0.274 e. The van der Waals surface area contributed by atoms with Gasteiger partial charge in [-0.2, -0.15) is 0 Å². The monoisotopic (exact) mass is 318 g/mol. The van der Waals surface area contributed by atoms with E-state index in [-0.39, 0.29) is 5.91 Å². The number of nitrogens with zero attached hydrogens (tertiary/aromatic N) is 4. The van der Waals surface area contributed by atoms with Gasteiger partial charge in [-0.3, -0.25) is 14.7 Å². The third-order valence-electron chi connectivity index (χ3n) is 4.92. The van der Waals surface area contributed by atoms with Crippen molar-refractivity contribution in [2.75, 3.05) is 32.8 Å². The average Bonchev–Trinajstić information content (AvgIpc) is 3.13. The Kier molecular flexibility index (Phi) is 5.56. The molecule has 2 fully saturated rings. The molecule has 1 amide bonds. The Balaban J connectivity index is 1.51. The van der Waals surface area contributed by atoms with Crippen molar-refractivity contribution in [1.29, 1.82) is 0 Å². The van der Waals surface area contributed by atoms with Gasteiger partial charge in [0, 0.05) is 44.7 Å².